The maximum atomic E-state index is 12.5. The molecular formula is C13H21N2O4P. The number of benzene rings is 1. The number of amides is 1. The van der Waals surface area contributed by atoms with Gasteiger partial charge >= 0.3 is 7.60 Å². The van der Waals surface area contributed by atoms with Crippen LogP contribution in [0.4, 0.5) is 5.69 Å². The highest BCUT2D eigenvalue weighted by Crippen LogP contribution is 2.58. The van der Waals surface area contributed by atoms with E-state index in [4.69, 9.17) is 14.8 Å². The lowest BCUT2D eigenvalue weighted by Crippen LogP contribution is -2.15. The van der Waals surface area contributed by atoms with E-state index in [0.29, 0.717) is 11.3 Å². The third kappa shape index (κ3) is 4.42. The zero-order chi connectivity index (χ0) is 15.2. The van der Waals surface area contributed by atoms with Gasteiger partial charge in [0.25, 0.3) is 0 Å². The summed E-state index contributed by atoms with van der Waals surface area (Å²) in [5.41, 5.74) is 7.27. The molecule has 0 fully saturated rings. The maximum Gasteiger partial charge on any atom is 0.351 e. The molecule has 7 heteroatoms. The van der Waals surface area contributed by atoms with Crippen molar-refractivity contribution in [2.24, 2.45) is 5.73 Å². The van der Waals surface area contributed by atoms with E-state index in [1.807, 2.05) is 0 Å². The molecule has 0 spiro atoms. The number of anilines is 1. The molecule has 3 N–H and O–H groups in total. The highest BCUT2D eigenvalue weighted by molar-refractivity contribution is 7.54. The minimum atomic E-state index is -3.38. The Hall–Kier alpha value is -1.20. The number of rotatable bonds is 7. The number of carbonyl (C=O) groups excluding carboxylic acids is 1. The molecule has 1 rings (SSSR count). The molecule has 6 nitrogen and oxygen atoms in total. The third-order valence-electron chi connectivity index (χ3n) is 2.53. The summed E-state index contributed by atoms with van der Waals surface area (Å²) >= 11 is 0. The topological polar surface area (TPSA) is 90.7 Å². The molecule has 0 heterocycles. The summed E-state index contributed by atoms with van der Waals surface area (Å²) in [6.45, 7) is 5.42. The number of nitrogens with one attached hydrogen (secondary N) is 1. The minimum absolute atomic E-state index is 0.156. The first-order valence-electron chi connectivity index (χ1n) is 6.44. The molecule has 0 saturated carbocycles. The van der Waals surface area contributed by atoms with E-state index in [-0.39, 0.29) is 19.1 Å². The van der Waals surface area contributed by atoms with Crippen LogP contribution in [-0.2, 0) is 18.4 Å². The molecule has 0 aliphatic rings. The molecule has 0 aliphatic heterocycles. The zero-order valence-electron chi connectivity index (χ0n) is 12.0. The summed E-state index contributed by atoms with van der Waals surface area (Å²) in [6, 6.07) is 6.78. The normalized spacial score (nSPS) is 13.0. The number of carbonyl (C=O) groups is 1. The summed E-state index contributed by atoms with van der Waals surface area (Å²) < 4.78 is 23.0. The molecule has 1 aromatic carbocycles. The van der Waals surface area contributed by atoms with Gasteiger partial charge in [-0.05, 0) is 31.5 Å². The average molecular weight is 300 g/mol. The fourth-order valence-electron chi connectivity index (χ4n) is 1.71. The number of nitrogens with two attached hydrogens (primary N) is 1. The van der Waals surface area contributed by atoms with Crippen molar-refractivity contribution in [2.45, 2.75) is 26.6 Å². The molecule has 0 aromatic heterocycles. The van der Waals surface area contributed by atoms with Crippen molar-refractivity contribution in [3.8, 4) is 0 Å². The van der Waals surface area contributed by atoms with Gasteiger partial charge in [0.1, 0.15) is 5.78 Å². The van der Waals surface area contributed by atoms with Crippen LogP contribution in [-0.4, -0.2) is 19.1 Å². The number of hydrogen-bond acceptors (Lipinski definition) is 5. The van der Waals surface area contributed by atoms with Crippen LogP contribution in [0.1, 0.15) is 32.1 Å². The molecule has 0 radical (unpaired) electrons. The van der Waals surface area contributed by atoms with Crippen LogP contribution < -0.4 is 11.1 Å². The molecule has 20 heavy (non-hydrogen) atoms. The van der Waals surface area contributed by atoms with Crippen molar-refractivity contribution < 1.29 is 18.4 Å². The molecular weight excluding hydrogens is 279 g/mol. The fourth-order valence-corrected chi connectivity index (χ4v) is 3.36. The lowest BCUT2D eigenvalue weighted by molar-refractivity contribution is -0.114. The van der Waals surface area contributed by atoms with Gasteiger partial charge in [-0.25, -0.2) is 0 Å². The van der Waals surface area contributed by atoms with Crippen LogP contribution in [0.15, 0.2) is 24.3 Å². The van der Waals surface area contributed by atoms with Crippen molar-refractivity contribution in [3.05, 3.63) is 29.8 Å². The van der Waals surface area contributed by atoms with Crippen LogP contribution in [0.3, 0.4) is 0 Å². The first kappa shape index (κ1) is 16.9. The molecule has 0 bridgehead atoms. The lowest BCUT2D eigenvalue weighted by atomic mass is 10.2. The largest absolute Gasteiger partial charge is 0.351 e. The van der Waals surface area contributed by atoms with Gasteiger partial charge in [0.2, 0.25) is 5.91 Å². The van der Waals surface area contributed by atoms with Crippen LogP contribution >= 0.6 is 7.60 Å². The molecule has 1 aromatic rings. The molecule has 112 valence electrons. The predicted molar refractivity (Wildman–Crippen MR) is 78.5 cm³/mol. The van der Waals surface area contributed by atoms with Crippen molar-refractivity contribution in [1.82, 2.24) is 0 Å². The lowest BCUT2D eigenvalue weighted by Gasteiger charge is -2.23. The molecule has 0 unspecified atom stereocenters. The Morgan fingerprint density at radius 2 is 1.75 bits per heavy atom. The molecule has 0 aliphatic carbocycles. The van der Waals surface area contributed by atoms with Gasteiger partial charge in [-0.2, -0.15) is 0 Å². The van der Waals surface area contributed by atoms with Gasteiger partial charge < -0.3 is 20.1 Å². The Kier molecular flexibility index (Phi) is 6.36. The van der Waals surface area contributed by atoms with E-state index >= 15 is 0 Å². The van der Waals surface area contributed by atoms with Crippen molar-refractivity contribution in [3.63, 3.8) is 0 Å². The van der Waals surface area contributed by atoms with Crippen LogP contribution in [0.2, 0.25) is 0 Å². The van der Waals surface area contributed by atoms with Crippen LogP contribution in [0, 0.1) is 0 Å². The van der Waals surface area contributed by atoms with E-state index in [1.165, 1.54) is 6.92 Å². The highest BCUT2D eigenvalue weighted by atomic mass is 31.2. The van der Waals surface area contributed by atoms with Crippen molar-refractivity contribution in [1.29, 1.82) is 0 Å². The molecule has 0 saturated heterocycles. The van der Waals surface area contributed by atoms with Gasteiger partial charge in [0.15, 0.2) is 0 Å². The SMILES string of the molecule is CCOP(=O)(OCC)[C@H](N)c1ccc(NC(C)=O)cc1. The van der Waals surface area contributed by atoms with E-state index in [9.17, 15) is 9.36 Å². The first-order chi connectivity index (χ1) is 9.42. The fraction of sp³-hybridized carbons (Fsp3) is 0.462. The van der Waals surface area contributed by atoms with E-state index < -0.39 is 13.4 Å². The highest BCUT2D eigenvalue weighted by Gasteiger charge is 2.33. The Morgan fingerprint density at radius 1 is 1.25 bits per heavy atom. The summed E-state index contributed by atoms with van der Waals surface area (Å²) in [4.78, 5) is 10.9. The van der Waals surface area contributed by atoms with Gasteiger partial charge in [0.05, 0.1) is 13.2 Å². The van der Waals surface area contributed by atoms with Crippen molar-refractivity contribution >= 4 is 19.2 Å². The van der Waals surface area contributed by atoms with Crippen LogP contribution in [0.5, 0.6) is 0 Å². The smallest absolute Gasteiger partial charge is 0.326 e. The second-order valence-electron chi connectivity index (χ2n) is 4.12. The Morgan fingerprint density at radius 3 is 2.15 bits per heavy atom. The summed E-state index contributed by atoms with van der Waals surface area (Å²) in [5.74, 6) is -1.01. The third-order valence-corrected chi connectivity index (χ3v) is 4.75. The Bertz CT molecular complexity index is 480. The second kappa shape index (κ2) is 7.55. The van der Waals surface area contributed by atoms with E-state index in [0.717, 1.165) is 0 Å². The van der Waals surface area contributed by atoms with Crippen molar-refractivity contribution in [2.75, 3.05) is 18.5 Å². The zero-order valence-corrected chi connectivity index (χ0v) is 12.9. The first-order valence-corrected chi connectivity index (χ1v) is 8.06. The molecule has 1 atom stereocenters. The molecule has 1 amide bonds. The van der Waals surface area contributed by atoms with Gasteiger partial charge in [-0.15, -0.1) is 0 Å². The van der Waals surface area contributed by atoms with Gasteiger partial charge in [-0.1, -0.05) is 12.1 Å². The summed E-state index contributed by atoms with van der Waals surface area (Å²) in [7, 11) is -3.38. The predicted octanol–water partition coefficient (Wildman–Crippen LogP) is 2.87. The maximum absolute atomic E-state index is 12.5. The van der Waals surface area contributed by atoms with E-state index in [2.05, 4.69) is 5.32 Å². The second-order valence-corrected chi connectivity index (χ2v) is 6.28. The standard InChI is InChI=1S/C13H21N2O4P/c1-4-18-20(17,19-5-2)13(14)11-6-8-12(9-7-11)15-10(3)16/h6-9,13H,4-5,14H2,1-3H3,(H,15,16)/t13-/m0/s1. The minimum Gasteiger partial charge on any atom is -0.326 e. The summed E-state index contributed by atoms with van der Waals surface area (Å²) in [5, 5.41) is 2.65. The summed E-state index contributed by atoms with van der Waals surface area (Å²) in [6.07, 6.45) is 0. The Balaban J connectivity index is 2.92. The number of hydrogen-bond donors (Lipinski definition) is 2. The monoisotopic (exact) mass is 300 g/mol. The average Bonchev–Trinajstić information content (AvgIpc) is 2.38. The Labute approximate surface area is 119 Å². The van der Waals surface area contributed by atoms with E-state index in [1.54, 1.807) is 38.1 Å². The van der Waals surface area contributed by atoms with Gasteiger partial charge in [-0.3, -0.25) is 9.36 Å². The van der Waals surface area contributed by atoms with Crippen LogP contribution in [0.25, 0.3) is 0 Å². The van der Waals surface area contributed by atoms with Gasteiger partial charge in [0, 0.05) is 12.6 Å². The quantitative estimate of drug-likeness (QED) is 0.756.